The van der Waals surface area contributed by atoms with E-state index in [-0.39, 0.29) is 24.8 Å². The third-order valence-electron chi connectivity index (χ3n) is 5.90. The number of carbonyl (C=O) groups is 1. The predicted octanol–water partition coefficient (Wildman–Crippen LogP) is 1.46. The number of halogens is 2. The summed E-state index contributed by atoms with van der Waals surface area (Å²) in [6.07, 6.45) is 6.20. The smallest absolute Gasteiger partial charge is 0.236 e. The SMILES string of the molecule is CN(CC(=O)N1C[C@H]2CCC[C@@H](C1)N(C)C2)C1CCNCC1.Cl.Cl. The summed E-state index contributed by atoms with van der Waals surface area (Å²) in [5.74, 6) is 1.01. The van der Waals surface area contributed by atoms with E-state index < -0.39 is 0 Å². The Hall–Kier alpha value is -0.0700. The fraction of sp³-hybridized carbons (Fsp3) is 0.941. The van der Waals surface area contributed by atoms with Crippen LogP contribution in [0.4, 0.5) is 0 Å². The highest BCUT2D eigenvalue weighted by Crippen LogP contribution is 2.25. The van der Waals surface area contributed by atoms with Gasteiger partial charge < -0.3 is 15.1 Å². The Morgan fingerprint density at radius 1 is 1.08 bits per heavy atom. The van der Waals surface area contributed by atoms with E-state index in [0.717, 1.165) is 39.0 Å². The van der Waals surface area contributed by atoms with Gasteiger partial charge >= 0.3 is 0 Å². The van der Waals surface area contributed by atoms with Crippen LogP contribution in [-0.2, 0) is 4.79 Å². The van der Waals surface area contributed by atoms with Crippen molar-refractivity contribution in [3.05, 3.63) is 0 Å². The number of carbonyl (C=O) groups excluding carboxylic acids is 1. The largest absolute Gasteiger partial charge is 0.340 e. The Morgan fingerprint density at radius 3 is 2.50 bits per heavy atom. The molecule has 0 aromatic carbocycles. The number of hydrogen-bond acceptors (Lipinski definition) is 4. The fourth-order valence-electron chi connectivity index (χ4n) is 4.42. The van der Waals surface area contributed by atoms with Crippen molar-refractivity contribution in [3.63, 3.8) is 0 Å². The van der Waals surface area contributed by atoms with Gasteiger partial charge in [-0.15, -0.1) is 24.8 Å². The van der Waals surface area contributed by atoms with Crippen LogP contribution in [0.1, 0.15) is 32.1 Å². The summed E-state index contributed by atoms with van der Waals surface area (Å²) in [6, 6.07) is 1.14. The second kappa shape index (κ2) is 10.2. The van der Waals surface area contributed by atoms with E-state index in [1.165, 1.54) is 25.8 Å². The second-order valence-electron chi connectivity index (χ2n) is 7.59. The lowest BCUT2D eigenvalue weighted by Gasteiger charge is -2.34. The lowest BCUT2D eigenvalue weighted by molar-refractivity contribution is -0.133. The van der Waals surface area contributed by atoms with Gasteiger partial charge in [0.25, 0.3) is 0 Å². The zero-order valence-electron chi connectivity index (χ0n) is 15.1. The topological polar surface area (TPSA) is 38.8 Å². The zero-order chi connectivity index (χ0) is 15.5. The molecule has 3 heterocycles. The van der Waals surface area contributed by atoms with Crippen molar-refractivity contribution >= 4 is 30.7 Å². The maximum absolute atomic E-state index is 12.8. The molecule has 1 N–H and O–H groups in total. The van der Waals surface area contributed by atoms with Crippen molar-refractivity contribution in [2.45, 2.75) is 44.2 Å². The minimum atomic E-state index is 0. The molecule has 3 saturated heterocycles. The standard InChI is InChI=1S/C17H32N4O.2ClH/c1-19-10-14-4-3-5-16(19)12-21(11-14)17(22)13-20(2)15-6-8-18-9-7-15;;/h14-16,18H,3-13H2,1-2H3;2*1H/t14-,16-;;/m0../s1. The van der Waals surface area contributed by atoms with Crippen LogP contribution in [0.2, 0.25) is 0 Å². The summed E-state index contributed by atoms with van der Waals surface area (Å²) in [6.45, 7) is 5.84. The van der Waals surface area contributed by atoms with Crippen LogP contribution >= 0.6 is 24.8 Å². The molecule has 7 heteroatoms. The number of amides is 1. The van der Waals surface area contributed by atoms with Gasteiger partial charge in [0.05, 0.1) is 6.54 Å². The third-order valence-corrected chi connectivity index (χ3v) is 5.90. The van der Waals surface area contributed by atoms with E-state index in [2.05, 4.69) is 34.1 Å². The van der Waals surface area contributed by atoms with E-state index in [4.69, 9.17) is 0 Å². The van der Waals surface area contributed by atoms with Crippen LogP contribution in [-0.4, -0.2) is 86.1 Å². The van der Waals surface area contributed by atoms with Crippen molar-refractivity contribution in [2.75, 3.05) is 53.4 Å². The Balaban J connectivity index is 0.00000144. The maximum Gasteiger partial charge on any atom is 0.236 e. The van der Waals surface area contributed by atoms with Crippen LogP contribution in [0.25, 0.3) is 0 Å². The molecule has 3 rings (SSSR count). The molecule has 0 radical (unpaired) electrons. The third kappa shape index (κ3) is 5.46. The van der Waals surface area contributed by atoms with Crippen molar-refractivity contribution in [1.29, 1.82) is 0 Å². The van der Waals surface area contributed by atoms with Crippen molar-refractivity contribution in [3.8, 4) is 0 Å². The number of fused-ring (bicyclic) bond motifs is 3. The molecule has 1 amide bonds. The highest BCUT2D eigenvalue weighted by atomic mass is 35.5. The molecule has 24 heavy (non-hydrogen) atoms. The number of nitrogens with one attached hydrogen (secondary N) is 1. The molecule has 3 fully saturated rings. The quantitative estimate of drug-likeness (QED) is 0.804. The number of hydrogen-bond donors (Lipinski definition) is 1. The number of piperidine rings is 1. The first kappa shape index (κ1) is 22.0. The van der Waals surface area contributed by atoms with Gasteiger partial charge in [0.2, 0.25) is 5.91 Å². The molecule has 2 atom stereocenters. The lowest BCUT2D eigenvalue weighted by atomic mass is 9.99. The summed E-state index contributed by atoms with van der Waals surface area (Å²) in [5.41, 5.74) is 0. The van der Waals surface area contributed by atoms with E-state index in [1.54, 1.807) is 0 Å². The second-order valence-corrected chi connectivity index (χ2v) is 7.59. The molecule has 142 valence electrons. The van der Waals surface area contributed by atoms with E-state index in [9.17, 15) is 4.79 Å². The molecule has 0 unspecified atom stereocenters. The Kier molecular flexibility index (Phi) is 9.31. The highest BCUT2D eigenvalue weighted by molar-refractivity contribution is 5.85. The minimum absolute atomic E-state index is 0. The van der Waals surface area contributed by atoms with E-state index >= 15 is 0 Å². The van der Waals surface area contributed by atoms with Crippen LogP contribution in [0.3, 0.4) is 0 Å². The number of nitrogens with zero attached hydrogens (tertiary/aromatic N) is 3. The van der Waals surface area contributed by atoms with Gasteiger partial charge in [-0.25, -0.2) is 0 Å². The monoisotopic (exact) mass is 380 g/mol. The molecular formula is C17H34Cl2N4O. The molecule has 0 aliphatic carbocycles. The molecule has 3 aliphatic heterocycles. The van der Waals surface area contributed by atoms with Gasteiger partial charge in [0, 0.05) is 31.7 Å². The summed E-state index contributed by atoms with van der Waals surface area (Å²) < 4.78 is 0. The molecule has 2 bridgehead atoms. The Labute approximate surface area is 159 Å². The first-order valence-electron chi connectivity index (χ1n) is 9.02. The summed E-state index contributed by atoms with van der Waals surface area (Å²) >= 11 is 0. The summed E-state index contributed by atoms with van der Waals surface area (Å²) in [4.78, 5) is 19.7. The van der Waals surface area contributed by atoms with Gasteiger partial charge in [-0.2, -0.15) is 0 Å². The van der Waals surface area contributed by atoms with Gasteiger partial charge in [0.1, 0.15) is 0 Å². The maximum atomic E-state index is 12.8. The molecule has 5 nitrogen and oxygen atoms in total. The number of rotatable bonds is 3. The Bertz CT molecular complexity index is 393. The first-order valence-corrected chi connectivity index (χ1v) is 9.02. The molecule has 3 aliphatic rings. The first-order chi connectivity index (χ1) is 10.6. The minimum Gasteiger partial charge on any atom is -0.340 e. The number of likely N-dealkylation sites (N-methyl/N-ethyl adjacent to an activating group) is 2. The summed E-state index contributed by atoms with van der Waals surface area (Å²) in [7, 11) is 4.36. The molecule has 0 aromatic rings. The number of likely N-dealkylation sites (tertiary alicyclic amines) is 1. The molecule has 0 spiro atoms. The van der Waals surface area contributed by atoms with E-state index in [1.807, 2.05) is 0 Å². The van der Waals surface area contributed by atoms with Crippen LogP contribution in [0.5, 0.6) is 0 Å². The van der Waals surface area contributed by atoms with Gasteiger partial charge in [0.15, 0.2) is 0 Å². The van der Waals surface area contributed by atoms with Gasteiger partial charge in [-0.1, -0.05) is 6.42 Å². The van der Waals surface area contributed by atoms with Gasteiger partial charge in [-0.3, -0.25) is 9.69 Å². The average Bonchev–Trinajstić information content (AvgIpc) is 2.76. The lowest BCUT2D eigenvalue weighted by Crippen LogP contribution is -2.49. The summed E-state index contributed by atoms with van der Waals surface area (Å²) in [5, 5.41) is 3.40. The van der Waals surface area contributed by atoms with Crippen molar-refractivity contribution in [1.82, 2.24) is 20.0 Å². The van der Waals surface area contributed by atoms with Crippen molar-refractivity contribution in [2.24, 2.45) is 5.92 Å². The normalized spacial score (nSPS) is 28.7. The van der Waals surface area contributed by atoms with Crippen LogP contribution in [0.15, 0.2) is 0 Å². The highest BCUT2D eigenvalue weighted by Gasteiger charge is 2.33. The van der Waals surface area contributed by atoms with Gasteiger partial charge in [-0.05, 0) is 58.8 Å². The molecule has 0 saturated carbocycles. The fourth-order valence-corrected chi connectivity index (χ4v) is 4.42. The predicted molar refractivity (Wildman–Crippen MR) is 103 cm³/mol. The molecular weight excluding hydrogens is 347 g/mol. The van der Waals surface area contributed by atoms with E-state index in [0.29, 0.717) is 30.5 Å². The zero-order valence-corrected chi connectivity index (χ0v) is 16.7. The van der Waals surface area contributed by atoms with Crippen LogP contribution < -0.4 is 5.32 Å². The van der Waals surface area contributed by atoms with Crippen LogP contribution in [0, 0.1) is 5.92 Å². The molecule has 0 aromatic heterocycles. The van der Waals surface area contributed by atoms with Crippen molar-refractivity contribution < 1.29 is 4.79 Å². The Morgan fingerprint density at radius 2 is 1.79 bits per heavy atom. The average molecular weight is 381 g/mol.